The van der Waals surface area contributed by atoms with Crippen LogP contribution in [0, 0.1) is 0 Å². The summed E-state index contributed by atoms with van der Waals surface area (Å²) >= 11 is 13.4. The fraction of sp³-hybridized carbons (Fsp3) is 0.400. The highest BCUT2D eigenvalue weighted by atomic mass is 32.3. The van der Waals surface area contributed by atoms with Crippen LogP contribution >= 0.6 is 82.3 Å². The molecule has 0 saturated heterocycles. The number of aliphatic hydroxyl groups excluding tert-OH is 1. The molecule has 0 bridgehead atoms. The molecule has 0 aromatic heterocycles. The summed E-state index contributed by atoms with van der Waals surface area (Å²) in [6, 6.07) is 0. The molecule has 3 rings (SSSR count). The Morgan fingerprint density at radius 2 is 1.72 bits per heavy atom. The molecule has 0 unspecified atom stereocenters. The van der Waals surface area contributed by atoms with E-state index in [2.05, 4.69) is 5.41 Å². The van der Waals surface area contributed by atoms with Gasteiger partial charge < -0.3 is 5.11 Å². The summed E-state index contributed by atoms with van der Waals surface area (Å²) in [6.07, 6.45) is 0. The van der Waals surface area contributed by atoms with Crippen molar-refractivity contribution in [3.8, 4) is 0 Å². The Labute approximate surface area is 137 Å². The van der Waals surface area contributed by atoms with Crippen LogP contribution in [-0.4, -0.2) is 29.0 Å². The van der Waals surface area contributed by atoms with E-state index in [-0.39, 0.29) is 6.61 Å². The van der Waals surface area contributed by atoms with E-state index in [1.54, 1.807) is 11.8 Å². The molecule has 0 spiro atoms. The molecule has 0 aromatic carbocycles. The third-order valence-corrected chi connectivity index (χ3v) is 12.1. The van der Waals surface area contributed by atoms with E-state index in [1.165, 1.54) is 32.7 Å². The van der Waals surface area contributed by atoms with Gasteiger partial charge in [0.2, 0.25) is 0 Å². The minimum atomic E-state index is 0.256. The Morgan fingerprint density at radius 1 is 1.00 bits per heavy atom. The molecule has 0 fully saturated rings. The van der Waals surface area contributed by atoms with Gasteiger partial charge in [0.15, 0.2) is 0 Å². The first kappa shape index (κ1) is 14.6. The van der Waals surface area contributed by atoms with Crippen molar-refractivity contribution >= 4 is 82.3 Å². The minimum Gasteiger partial charge on any atom is -0.396 e. The SMILES string of the molecule is OCCSC1=CSC(=C2SC3=C(SCCS3)S2)S1. The van der Waals surface area contributed by atoms with Gasteiger partial charge in [0, 0.05) is 17.3 Å². The van der Waals surface area contributed by atoms with Crippen LogP contribution in [0.3, 0.4) is 0 Å². The van der Waals surface area contributed by atoms with Crippen LogP contribution in [0.4, 0.5) is 0 Å². The zero-order valence-electron chi connectivity index (χ0n) is 9.21. The Bertz CT molecular complexity index is 420. The topological polar surface area (TPSA) is 20.2 Å². The molecule has 0 atom stereocenters. The molecule has 8 heteroatoms. The van der Waals surface area contributed by atoms with Gasteiger partial charge in [0.25, 0.3) is 0 Å². The van der Waals surface area contributed by atoms with Crippen molar-refractivity contribution in [1.29, 1.82) is 0 Å². The molecule has 1 N–H and O–H groups in total. The van der Waals surface area contributed by atoms with E-state index in [0.29, 0.717) is 0 Å². The first-order valence-corrected chi connectivity index (χ1v) is 11.5. The van der Waals surface area contributed by atoms with E-state index in [9.17, 15) is 0 Å². The summed E-state index contributed by atoms with van der Waals surface area (Å²) in [5.74, 6) is 3.29. The zero-order chi connectivity index (χ0) is 12.4. The summed E-state index contributed by atoms with van der Waals surface area (Å²) in [6.45, 7) is 0.256. The molecule has 3 aliphatic heterocycles. The van der Waals surface area contributed by atoms with Crippen LogP contribution in [0.25, 0.3) is 0 Å². The average Bonchev–Trinajstić information content (AvgIpc) is 3.02. The smallest absolute Gasteiger partial charge is 0.0717 e. The second-order valence-corrected chi connectivity index (χ2v) is 11.9. The number of rotatable bonds is 3. The van der Waals surface area contributed by atoms with Crippen molar-refractivity contribution < 1.29 is 5.11 Å². The molecule has 3 aliphatic rings. The lowest BCUT2D eigenvalue weighted by molar-refractivity contribution is 0.322. The van der Waals surface area contributed by atoms with Gasteiger partial charge in [-0.05, 0) is 5.41 Å². The molecule has 0 aliphatic carbocycles. The van der Waals surface area contributed by atoms with Crippen molar-refractivity contribution in [3.63, 3.8) is 0 Å². The fourth-order valence-electron chi connectivity index (χ4n) is 1.34. The lowest BCUT2D eigenvalue weighted by atomic mass is 10.9. The minimum absolute atomic E-state index is 0.256. The third kappa shape index (κ3) is 3.44. The van der Waals surface area contributed by atoms with E-state index in [0.717, 1.165) is 5.75 Å². The van der Waals surface area contributed by atoms with Gasteiger partial charge in [0.1, 0.15) is 0 Å². The molecule has 0 aromatic rings. The first-order chi connectivity index (χ1) is 8.86. The molecule has 18 heavy (non-hydrogen) atoms. The Balaban J connectivity index is 1.62. The normalized spacial score (nSPS) is 23.7. The summed E-state index contributed by atoms with van der Waals surface area (Å²) in [5, 5.41) is 11.1. The van der Waals surface area contributed by atoms with Gasteiger partial charge in [-0.2, -0.15) is 0 Å². The molecule has 98 valence electrons. The van der Waals surface area contributed by atoms with Gasteiger partial charge in [0.05, 0.1) is 27.8 Å². The largest absolute Gasteiger partial charge is 0.396 e. The van der Waals surface area contributed by atoms with E-state index < -0.39 is 0 Å². The third-order valence-electron chi connectivity index (χ3n) is 2.04. The molecule has 3 heterocycles. The quantitative estimate of drug-likeness (QED) is 0.722. The summed E-state index contributed by atoms with van der Waals surface area (Å²) in [5.41, 5.74) is 0. The van der Waals surface area contributed by atoms with Crippen LogP contribution in [0.15, 0.2) is 26.6 Å². The van der Waals surface area contributed by atoms with Gasteiger partial charge in [-0.25, -0.2) is 0 Å². The lowest BCUT2D eigenvalue weighted by Crippen LogP contribution is -1.88. The summed E-state index contributed by atoms with van der Waals surface area (Å²) < 4.78 is 7.21. The predicted molar refractivity (Wildman–Crippen MR) is 97.0 cm³/mol. The average molecular weight is 371 g/mol. The molecule has 0 amide bonds. The molecular formula is C10H10OS7. The summed E-state index contributed by atoms with van der Waals surface area (Å²) in [7, 11) is 0. The number of hydrogen-bond donors (Lipinski definition) is 1. The Kier molecular flexibility index (Phi) is 5.72. The molecule has 1 nitrogen and oxygen atoms in total. The van der Waals surface area contributed by atoms with Crippen LogP contribution in [0.5, 0.6) is 0 Å². The highest BCUT2D eigenvalue weighted by molar-refractivity contribution is 8.43. The van der Waals surface area contributed by atoms with Gasteiger partial charge >= 0.3 is 0 Å². The fourth-order valence-corrected chi connectivity index (χ4v) is 11.1. The number of aliphatic hydroxyl groups is 1. The molecule has 0 radical (unpaired) electrons. The standard InChI is InChI=1S/C10H10OS7/c11-1-2-12-6-5-15-9(16-6)10-17-7-8(18-10)14-4-3-13-7/h5,11H,1-4H2. The van der Waals surface area contributed by atoms with Crippen LogP contribution < -0.4 is 0 Å². The van der Waals surface area contributed by atoms with Crippen LogP contribution in [0.2, 0.25) is 0 Å². The Morgan fingerprint density at radius 3 is 2.39 bits per heavy atom. The van der Waals surface area contributed by atoms with Crippen molar-refractivity contribution in [1.82, 2.24) is 0 Å². The second-order valence-electron chi connectivity index (χ2n) is 3.28. The highest BCUT2D eigenvalue weighted by Gasteiger charge is 2.29. The number of hydrogen-bond acceptors (Lipinski definition) is 8. The van der Waals surface area contributed by atoms with Crippen LogP contribution in [-0.2, 0) is 0 Å². The zero-order valence-corrected chi connectivity index (χ0v) is 14.9. The maximum absolute atomic E-state index is 8.85. The van der Waals surface area contributed by atoms with Gasteiger partial charge in [-0.15, -0.1) is 35.3 Å². The maximum atomic E-state index is 8.85. The van der Waals surface area contributed by atoms with Crippen molar-refractivity contribution in [2.45, 2.75) is 0 Å². The first-order valence-electron chi connectivity index (χ1n) is 5.25. The van der Waals surface area contributed by atoms with Crippen LogP contribution in [0.1, 0.15) is 0 Å². The lowest BCUT2D eigenvalue weighted by Gasteiger charge is -2.08. The second kappa shape index (κ2) is 7.06. The highest BCUT2D eigenvalue weighted by Crippen LogP contribution is 2.64. The Hall–Kier alpha value is 1.63. The van der Waals surface area contributed by atoms with E-state index in [4.69, 9.17) is 5.11 Å². The van der Waals surface area contributed by atoms with Crippen molar-refractivity contribution in [3.05, 3.63) is 26.6 Å². The monoisotopic (exact) mass is 370 g/mol. The van der Waals surface area contributed by atoms with Gasteiger partial charge in [-0.1, -0.05) is 47.0 Å². The van der Waals surface area contributed by atoms with E-state index >= 15 is 0 Å². The summed E-state index contributed by atoms with van der Waals surface area (Å²) in [4.78, 5) is 0. The maximum Gasteiger partial charge on any atom is 0.0717 e. The molecule has 0 saturated carbocycles. The van der Waals surface area contributed by atoms with Crippen molar-refractivity contribution in [2.24, 2.45) is 0 Å². The number of thioether (sulfide) groups is 7. The predicted octanol–water partition coefficient (Wildman–Crippen LogP) is 5.20. The van der Waals surface area contributed by atoms with Crippen molar-refractivity contribution in [2.75, 3.05) is 23.9 Å². The van der Waals surface area contributed by atoms with E-state index in [1.807, 2.05) is 70.6 Å². The van der Waals surface area contributed by atoms with Gasteiger partial charge in [-0.3, -0.25) is 0 Å². The molecular weight excluding hydrogens is 361 g/mol.